The molecule has 0 spiro atoms. The highest BCUT2D eigenvalue weighted by atomic mass is 16.5. The van der Waals surface area contributed by atoms with E-state index in [1.165, 1.54) is 7.11 Å². The Kier molecular flexibility index (Phi) is 6.59. The van der Waals surface area contributed by atoms with Gasteiger partial charge in [-0.25, -0.2) is 4.79 Å². The van der Waals surface area contributed by atoms with Gasteiger partial charge in [-0.1, -0.05) is 54.6 Å². The molecule has 6 nitrogen and oxygen atoms in total. The summed E-state index contributed by atoms with van der Waals surface area (Å²) in [5, 5.41) is 0.552. The van der Waals surface area contributed by atoms with Crippen molar-refractivity contribution in [2.45, 2.75) is 20.3 Å². The Labute approximate surface area is 196 Å². The van der Waals surface area contributed by atoms with Crippen LogP contribution in [0.2, 0.25) is 0 Å². The number of ether oxygens (including phenoxy) is 2. The van der Waals surface area contributed by atoms with E-state index in [0.29, 0.717) is 27.8 Å². The number of aryl methyl sites for hydroxylation is 2. The molecule has 3 aromatic carbocycles. The summed E-state index contributed by atoms with van der Waals surface area (Å²) < 4.78 is 16.1. The molecule has 4 rings (SSSR count). The Morgan fingerprint density at radius 1 is 0.912 bits per heavy atom. The number of Topliss-reactive ketones (excluding diaryl/α,β-unsaturated/α-hetero) is 1. The number of fused-ring (bicyclic) bond motifs is 1. The van der Waals surface area contributed by atoms with Crippen LogP contribution in [0.15, 0.2) is 75.9 Å². The van der Waals surface area contributed by atoms with Crippen molar-refractivity contribution < 1.29 is 23.5 Å². The molecule has 1 heterocycles. The lowest BCUT2D eigenvalue weighted by atomic mass is 10.0. The standard InChI is InChI=1S/C28H24O6/c1-17-13-24(27-18(2)22(15-26(30)32-3)28(31)34-25(27)14-17)33-16-23(29)21-11-9-20(10-12-21)19-7-5-4-6-8-19/h4-14H,15-16H2,1-3H3. The van der Waals surface area contributed by atoms with Crippen molar-refractivity contribution in [1.29, 1.82) is 0 Å². The molecule has 0 saturated carbocycles. The van der Waals surface area contributed by atoms with E-state index in [1.54, 1.807) is 31.2 Å². The van der Waals surface area contributed by atoms with E-state index in [2.05, 4.69) is 0 Å². The second-order valence-corrected chi connectivity index (χ2v) is 8.04. The minimum absolute atomic E-state index is 0.181. The van der Waals surface area contributed by atoms with Gasteiger partial charge >= 0.3 is 11.6 Å². The zero-order valence-corrected chi connectivity index (χ0v) is 19.2. The Bertz CT molecular complexity index is 1420. The highest BCUT2D eigenvalue weighted by Gasteiger charge is 2.19. The van der Waals surface area contributed by atoms with E-state index in [4.69, 9.17) is 13.9 Å². The SMILES string of the molecule is COC(=O)Cc1c(C)c2c(OCC(=O)c3ccc(-c4ccccc4)cc3)cc(C)cc2oc1=O. The molecule has 0 saturated heterocycles. The van der Waals surface area contributed by atoms with Crippen molar-refractivity contribution in [3.63, 3.8) is 0 Å². The highest BCUT2D eigenvalue weighted by molar-refractivity contribution is 5.98. The van der Waals surface area contributed by atoms with Crippen LogP contribution < -0.4 is 10.4 Å². The van der Waals surface area contributed by atoms with E-state index >= 15 is 0 Å². The van der Waals surface area contributed by atoms with Gasteiger partial charge in [-0.3, -0.25) is 9.59 Å². The second-order valence-electron chi connectivity index (χ2n) is 8.04. The van der Waals surface area contributed by atoms with Crippen LogP contribution in [0.4, 0.5) is 0 Å². The quantitative estimate of drug-likeness (QED) is 0.220. The molecule has 4 aromatic rings. The van der Waals surface area contributed by atoms with Gasteiger partial charge in [-0.05, 0) is 48.2 Å². The topological polar surface area (TPSA) is 82.8 Å². The molecule has 0 fully saturated rings. The van der Waals surface area contributed by atoms with Crippen LogP contribution >= 0.6 is 0 Å². The minimum Gasteiger partial charge on any atom is -0.485 e. The lowest BCUT2D eigenvalue weighted by Gasteiger charge is -2.13. The van der Waals surface area contributed by atoms with E-state index in [1.807, 2.05) is 49.4 Å². The maximum atomic E-state index is 12.8. The zero-order chi connectivity index (χ0) is 24.2. The lowest BCUT2D eigenvalue weighted by molar-refractivity contribution is -0.139. The molecule has 1 aromatic heterocycles. The number of carbonyl (C=O) groups is 2. The van der Waals surface area contributed by atoms with E-state index < -0.39 is 11.6 Å². The van der Waals surface area contributed by atoms with Gasteiger partial charge in [-0.2, -0.15) is 0 Å². The molecule has 0 atom stereocenters. The third-order valence-corrected chi connectivity index (χ3v) is 5.71. The molecular weight excluding hydrogens is 432 g/mol. The van der Waals surface area contributed by atoms with Gasteiger partial charge in [-0.15, -0.1) is 0 Å². The maximum Gasteiger partial charge on any atom is 0.340 e. The Morgan fingerprint density at radius 3 is 2.26 bits per heavy atom. The van der Waals surface area contributed by atoms with Crippen molar-refractivity contribution in [3.8, 4) is 16.9 Å². The monoisotopic (exact) mass is 456 g/mol. The molecule has 172 valence electrons. The fourth-order valence-electron chi connectivity index (χ4n) is 3.88. The molecular formula is C28H24O6. The number of ketones is 1. The van der Waals surface area contributed by atoms with Crippen LogP contribution in [-0.2, 0) is 16.0 Å². The average molecular weight is 456 g/mol. The van der Waals surface area contributed by atoms with Crippen LogP contribution in [-0.4, -0.2) is 25.5 Å². The van der Waals surface area contributed by atoms with Crippen LogP contribution in [0, 0.1) is 13.8 Å². The normalized spacial score (nSPS) is 10.8. The number of rotatable bonds is 7. The Hall–Kier alpha value is -4.19. The maximum absolute atomic E-state index is 12.8. The fourth-order valence-corrected chi connectivity index (χ4v) is 3.88. The number of hydrogen-bond acceptors (Lipinski definition) is 6. The Morgan fingerprint density at radius 2 is 1.59 bits per heavy atom. The molecule has 34 heavy (non-hydrogen) atoms. The number of esters is 1. The van der Waals surface area contributed by atoms with Gasteiger partial charge in [0.15, 0.2) is 12.4 Å². The van der Waals surface area contributed by atoms with Crippen LogP contribution in [0.5, 0.6) is 5.75 Å². The van der Waals surface area contributed by atoms with Crippen molar-refractivity contribution in [2.75, 3.05) is 13.7 Å². The summed E-state index contributed by atoms with van der Waals surface area (Å²) in [4.78, 5) is 37.0. The Balaban J connectivity index is 1.60. The average Bonchev–Trinajstić information content (AvgIpc) is 2.85. The van der Waals surface area contributed by atoms with Gasteiger partial charge in [0.2, 0.25) is 0 Å². The molecule has 0 aliphatic rings. The predicted octanol–water partition coefficient (Wildman–Crippen LogP) is 5.05. The number of carbonyl (C=O) groups excluding carboxylic acids is 2. The third kappa shape index (κ3) is 4.76. The molecule has 0 radical (unpaired) electrons. The van der Waals surface area contributed by atoms with Gasteiger partial charge in [0, 0.05) is 5.56 Å². The van der Waals surface area contributed by atoms with Crippen LogP contribution in [0.25, 0.3) is 22.1 Å². The second kappa shape index (κ2) is 9.75. The predicted molar refractivity (Wildman–Crippen MR) is 129 cm³/mol. The first-order chi connectivity index (χ1) is 16.4. The summed E-state index contributed by atoms with van der Waals surface area (Å²) in [5.74, 6) is -0.311. The molecule has 0 aliphatic heterocycles. The molecule has 0 aliphatic carbocycles. The summed E-state index contributed by atoms with van der Waals surface area (Å²) in [6.07, 6.45) is -0.208. The summed E-state index contributed by atoms with van der Waals surface area (Å²) in [5.41, 5.74) is 3.95. The van der Waals surface area contributed by atoms with Gasteiger partial charge in [0.1, 0.15) is 11.3 Å². The number of benzene rings is 3. The lowest BCUT2D eigenvalue weighted by Crippen LogP contribution is -2.17. The first-order valence-electron chi connectivity index (χ1n) is 10.8. The molecule has 0 unspecified atom stereocenters. The minimum atomic E-state index is -0.596. The summed E-state index contributed by atoms with van der Waals surface area (Å²) in [6, 6.07) is 20.8. The van der Waals surface area contributed by atoms with E-state index in [9.17, 15) is 14.4 Å². The molecule has 0 N–H and O–H groups in total. The third-order valence-electron chi connectivity index (χ3n) is 5.71. The van der Waals surface area contributed by atoms with Crippen molar-refractivity contribution >= 4 is 22.7 Å². The highest BCUT2D eigenvalue weighted by Crippen LogP contribution is 2.31. The molecule has 6 heteroatoms. The van der Waals surface area contributed by atoms with Gasteiger partial charge in [0.05, 0.1) is 24.5 Å². The van der Waals surface area contributed by atoms with Gasteiger partial charge < -0.3 is 13.9 Å². The molecule has 0 amide bonds. The van der Waals surface area contributed by atoms with Crippen LogP contribution in [0.1, 0.15) is 27.0 Å². The fraction of sp³-hybridized carbons (Fsp3) is 0.179. The van der Waals surface area contributed by atoms with Crippen molar-refractivity contribution in [2.24, 2.45) is 0 Å². The van der Waals surface area contributed by atoms with Crippen molar-refractivity contribution in [1.82, 2.24) is 0 Å². The largest absolute Gasteiger partial charge is 0.485 e. The van der Waals surface area contributed by atoms with Crippen molar-refractivity contribution in [3.05, 3.63) is 99.4 Å². The first-order valence-corrected chi connectivity index (χ1v) is 10.8. The number of methoxy groups -OCH3 is 1. The van der Waals surface area contributed by atoms with Crippen LogP contribution in [0.3, 0.4) is 0 Å². The summed E-state index contributed by atoms with van der Waals surface area (Å²) in [6.45, 7) is 3.38. The summed E-state index contributed by atoms with van der Waals surface area (Å²) >= 11 is 0. The van der Waals surface area contributed by atoms with Gasteiger partial charge in [0.25, 0.3) is 0 Å². The molecule has 0 bridgehead atoms. The smallest absolute Gasteiger partial charge is 0.340 e. The zero-order valence-electron chi connectivity index (χ0n) is 19.2. The first kappa shape index (κ1) is 23.0. The van der Waals surface area contributed by atoms with E-state index in [0.717, 1.165) is 16.7 Å². The summed E-state index contributed by atoms with van der Waals surface area (Å²) in [7, 11) is 1.26. The number of hydrogen-bond donors (Lipinski definition) is 0. The van der Waals surface area contributed by atoms with E-state index in [-0.39, 0.29) is 24.4 Å².